The van der Waals surface area contributed by atoms with E-state index in [0.29, 0.717) is 29.1 Å². The first kappa shape index (κ1) is 18.4. The lowest BCUT2D eigenvalue weighted by atomic mass is 10.1. The van der Waals surface area contributed by atoms with Gasteiger partial charge in [-0.2, -0.15) is 10.1 Å². The van der Waals surface area contributed by atoms with E-state index >= 15 is 0 Å². The Balaban J connectivity index is 1.40. The SMILES string of the molecule is COC(=O)c1ccc(C2CC2c2cc(-c3nc4nc(C)cc(C)n4n3)n(C)n2)cn1. The van der Waals surface area contributed by atoms with Crippen molar-refractivity contribution in [2.45, 2.75) is 32.1 Å². The predicted octanol–water partition coefficient (Wildman–Crippen LogP) is 2.59. The summed E-state index contributed by atoms with van der Waals surface area (Å²) in [6.45, 7) is 3.94. The van der Waals surface area contributed by atoms with E-state index in [1.807, 2.05) is 37.7 Å². The zero-order chi connectivity index (χ0) is 21.0. The van der Waals surface area contributed by atoms with Crippen molar-refractivity contribution in [1.29, 1.82) is 0 Å². The molecule has 4 aromatic rings. The van der Waals surface area contributed by atoms with Gasteiger partial charge in [-0.25, -0.2) is 19.3 Å². The highest BCUT2D eigenvalue weighted by atomic mass is 16.5. The van der Waals surface area contributed by atoms with Crippen LogP contribution in [0.5, 0.6) is 0 Å². The van der Waals surface area contributed by atoms with Crippen LogP contribution in [-0.4, -0.2) is 47.4 Å². The molecule has 0 aliphatic heterocycles. The van der Waals surface area contributed by atoms with Crippen molar-refractivity contribution >= 4 is 11.7 Å². The quantitative estimate of drug-likeness (QED) is 0.483. The second-order valence-electron chi connectivity index (χ2n) is 7.68. The van der Waals surface area contributed by atoms with Gasteiger partial charge in [-0.05, 0) is 49.9 Å². The Labute approximate surface area is 172 Å². The van der Waals surface area contributed by atoms with Crippen LogP contribution in [-0.2, 0) is 11.8 Å². The van der Waals surface area contributed by atoms with E-state index in [0.717, 1.165) is 34.8 Å². The molecule has 0 spiro atoms. The second kappa shape index (κ2) is 6.72. The third-order valence-electron chi connectivity index (χ3n) is 5.53. The molecule has 1 aliphatic carbocycles. The molecule has 0 radical (unpaired) electrons. The highest BCUT2D eigenvalue weighted by molar-refractivity contribution is 5.87. The number of hydrogen-bond donors (Lipinski definition) is 0. The molecule has 1 fully saturated rings. The second-order valence-corrected chi connectivity index (χ2v) is 7.68. The van der Waals surface area contributed by atoms with Gasteiger partial charge in [0.25, 0.3) is 5.78 Å². The molecule has 2 unspecified atom stereocenters. The predicted molar refractivity (Wildman–Crippen MR) is 108 cm³/mol. The minimum atomic E-state index is -0.428. The molecule has 30 heavy (non-hydrogen) atoms. The molecule has 1 aliphatic rings. The number of esters is 1. The summed E-state index contributed by atoms with van der Waals surface area (Å²) in [5, 5.41) is 9.32. The van der Waals surface area contributed by atoms with E-state index in [4.69, 9.17) is 9.84 Å². The number of nitrogens with zero attached hydrogens (tertiary/aromatic N) is 7. The molecule has 152 valence electrons. The number of carbonyl (C=O) groups is 1. The smallest absolute Gasteiger partial charge is 0.356 e. The number of aromatic nitrogens is 7. The van der Waals surface area contributed by atoms with Crippen molar-refractivity contribution in [1.82, 2.24) is 34.3 Å². The first-order chi connectivity index (χ1) is 14.4. The van der Waals surface area contributed by atoms with Gasteiger partial charge in [-0.15, -0.1) is 5.10 Å². The van der Waals surface area contributed by atoms with E-state index in [9.17, 15) is 4.79 Å². The number of fused-ring (bicyclic) bond motifs is 1. The van der Waals surface area contributed by atoms with E-state index in [2.05, 4.69) is 26.1 Å². The topological polar surface area (TPSA) is 100 Å². The summed E-state index contributed by atoms with van der Waals surface area (Å²) in [6.07, 6.45) is 2.75. The molecule has 4 heterocycles. The summed E-state index contributed by atoms with van der Waals surface area (Å²) >= 11 is 0. The average molecular weight is 403 g/mol. The first-order valence-corrected chi connectivity index (χ1v) is 9.74. The summed E-state index contributed by atoms with van der Waals surface area (Å²) in [6, 6.07) is 7.68. The lowest BCUT2D eigenvalue weighted by Crippen LogP contribution is -2.04. The van der Waals surface area contributed by atoms with Crippen LogP contribution in [0, 0.1) is 13.8 Å². The van der Waals surface area contributed by atoms with Crippen LogP contribution < -0.4 is 0 Å². The van der Waals surface area contributed by atoms with E-state index in [1.165, 1.54) is 7.11 Å². The maximum Gasteiger partial charge on any atom is 0.356 e. The molecule has 0 bridgehead atoms. The minimum Gasteiger partial charge on any atom is -0.464 e. The molecule has 4 aromatic heterocycles. The van der Waals surface area contributed by atoms with E-state index in [-0.39, 0.29) is 0 Å². The third kappa shape index (κ3) is 3.02. The van der Waals surface area contributed by atoms with Gasteiger partial charge in [0, 0.05) is 30.6 Å². The van der Waals surface area contributed by atoms with Crippen LogP contribution in [0.1, 0.15) is 51.4 Å². The normalized spacial score (nSPS) is 18.0. The summed E-state index contributed by atoms with van der Waals surface area (Å²) in [5.74, 6) is 1.43. The monoisotopic (exact) mass is 403 g/mol. The van der Waals surface area contributed by atoms with Crippen molar-refractivity contribution < 1.29 is 9.53 Å². The van der Waals surface area contributed by atoms with Gasteiger partial charge in [0.1, 0.15) is 11.4 Å². The molecular formula is C21H21N7O2. The Kier molecular flexibility index (Phi) is 4.12. The van der Waals surface area contributed by atoms with Crippen LogP contribution in [0.2, 0.25) is 0 Å². The van der Waals surface area contributed by atoms with Crippen LogP contribution in [0.25, 0.3) is 17.3 Å². The van der Waals surface area contributed by atoms with E-state index < -0.39 is 5.97 Å². The summed E-state index contributed by atoms with van der Waals surface area (Å²) < 4.78 is 8.28. The van der Waals surface area contributed by atoms with Crippen molar-refractivity contribution in [3.63, 3.8) is 0 Å². The number of ether oxygens (including phenoxy) is 1. The molecule has 0 amide bonds. The van der Waals surface area contributed by atoms with Gasteiger partial charge < -0.3 is 4.74 Å². The molecule has 1 saturated carbocycles. The number of pyridine rings is 1. The van der Waals surface area contributed by atoms with Crippen molar-refractivity contribution in [2.24, 2.45) is 7.05 Å². The van der Waals surface area contributed by atoms with Crippen LogP contribution in [0.3, 0.4) is 0 Å². The van der Waals surface area contributed by atoms with Crippen LogP contribution >= 0.6 is 0 Å². The van der Waals surface area contributed by atoms with Gasteiger partial charge in [-0.1, -0.05) is 6.07 Å². The maximum absolute atomic E-state index is 11.6. The highest BCUT2D eigenvalue weighted by Gasteiger charge is 2.42. The Hall–Kier alpha value is -3.62. The van der Waals surface area contributed by atoms with Crippen molar-refractivity contribution in [3.8, 4) is 11.5 Å². The van der Waals surface area contributed by atoms with Gasteiger partial charge in [0.15, 0.2) is 0 Å². The summed E-state index contributed by atoms with van der Waals surface area (Å²) in [5.41, 5.74) is 5.18. The zero-order valence-corrected chi connectivity index (χ0v) is 17.2. The zero-order valence-electron chi connectivity index (χ0n) is 17.2. The van der Waals surface area contributed by atoms with Gasteiger partial charge in [0.05, 0.1) is 12.8 Å². The van der Waals surface area contributed by atoms with Crippen molar-refractivity contribution in [2.75, 3.05) is 7.11 Å². The number of rotatable bonds is 4. The van der Waals surface area contributed by atoms with Crippen LogP contribution in [0.4, 0.5) is 0 Å². The summed E-state index contributed by atoms with van der Waals surface area (Å²) in [7, 11) is 3.25. The number of hydrogen-bond acceptors (Lipinski definition) is 7. The average Bonchev–Trinajstić information content (AvgIpc) is 3.27. The highest BCUT2D eigenvalue weighted by Crippen LogP contribution is 2.54. The number of aryl methyl sites for hydroxylation is 3. The Morgan fingerprint density at radius 2 is 1.97 bits per heavy atom. The fourth-order valence-corrected chi connectivity index (χ4v) is 3.89. The molecule has 0 saturated heterocycles. The maximum atomic E-state index is 11.6. The fraction of sp³-hybridized carbons (Fsp3) is 0.333. The molecule has 5 rings (SSSR count). The standard InChI is InChI=1S/C21H21N7O2/c1-11-7-12(2)28-21(23-11)24-19(26-28)18-9-17(25-27(18)3)15-8-14(15)13-5-6-16(22-10-13)20(29)30-4/h5-7,9-10,14-15H,8H2,1-4H3. The molecule has 2 atom stereocenters. The molecular weight excluding hydrogens is 382 g/mol. The van der Waals surface area contributed by atoms with Crippen molar-refractivity contribution in [3.05, 3.63) is 58.8 Å². The Morgan fingerprint density at radius 3 is 2.70 bits per heavy atom. The van der Waals surface area contributed by atoms with Gasteiger partial charge in [-0.3, -0.25) is 4.68 Å². The van der Waals surface area contributed by atoms with Gasteiger partial charge in [0.2, 0.25) is 5.82 Å². The molecule has 0 aromatic carbocycles. The minimum absolute atomic E-state index is 0.315. The number of methoxy groups -OCH3 is 1. The lowest BCUT2D eigenvalue weighted by molar-refractivity contribution is 0.0594. The largest absolute Gasteiger partial charge is 0.464 e. The Morgan fingerprint density at radius 1 is 1.13 bits per heavy atom. The van der Waals surface area contributed by atoms with Gasteiger partial charge >= 0.3 is 5.97 Å². The number of carbonyl (C=O) groups excluding carboxylic acids is 1. The van der Waals surface area contributed by atoms with Crippen LogP contribution in [0.15, 0.2) is 30.5 Å². The first-order valence-electron chi connectivity index (χ1n) is 9.74. The Bertz CT molecular complexity index is 1270. The summed E-state index contributed by atoms with van der Waals surface area (Å²) in [4.78, 5) is 24.8. The fourth-order valence-electron chi connectivity index (χ4n) is 3.89. The van der Waals surface area contributed by atoms with E-state index in [1.54, 1.807) is 16.8 Å². The lowest BCUT2D eigenvalue weighted by Gasteiger charge is -2.01. The molecule has 0 N–H and O–H groups in total. The molecule has 9 nitrogen and oxygen atoms in total. The molecule has 9 heteroatoms. The third-order valence-corrected chi connectivity index (χ3v) is 5.53.